The van der Waals surface area contributed by atoms with Crippen molar-refractivity contribution in [3.63, 3.8) is 0 Å². The number of carbonyl (C=O) groups is 2. The molecule has 10 nitrogen and oxygen atoms in total. The van der Waals surface area contributed by atoms with E-state index in [4.69, 9.17) is 14.2 Å². The van der Waals surface area contributed by atoms with Gasteiger partial charge in [-0.2, -0.15) is 0 Å². The van der Waals surface area contributed by atoms with Crippen LogP contribution in [0.4, 0.5) is 10.5 Å². The van der Waals surface area contributed by atoms with Gasteiger partial charge in [0.2, 0.25) is 0 Å². The van der Waals surface area contributed by atoms with E-state index < -0.39 is 18.3 Å². The molecule has 3 aromatic carbocycles. The molecule has 2 aliphatic heterocycles. The molecule has 0 unspecified atom stereocenters. The number of hydrogen-bond acceptors (Lipinski definition) is 8. The van der Waals surface area contributed by atoms with E-state index in [0.29, 0.717) is 12.1 Å². The van der Waals surface area contributed by atoms with Gasteiger partial charge in [-0.15, -0.1) is 0 Å². The molecule has 0 radical (unpaired) electrons. The Bertz CT molecular complexity index is 1350. The molecule has 3 N–H and O–H groups in total. The number of carbonyl (C=O) groups excluding carboxylic acids is 2. The van der Waals surface area contributed by atoms with Crippen LogP contribution < -0.4 is 10.6 Å². The average Bonchev–Trinajstić information content (AvgIpc) is 3.05. The molecule has 234 valence electrons. The summed E-state index contributed by atoms with van der Waals surface area (Å²) in [5.41, 5.74) is 4.54. The number of amides is 2. The van der Waals surface area contributed by atoms with Crippen LogP contribution in [0.25, 0.3) is 0 Å². The van der Waals surface area contributed by atoms with Crippen molar-refractivity contribution in [3.05, 3.63) is 101 Å². The average molecular weight is 603 g/mol. The first-order valence-corrected chi connectivity index (χ1v) is 15.3. The van der Waals surface area contributed by atoms with Crippen LogP contribution in [0.5, 0.6) is 0 Å². The summed E-state index contributed by atoms with van der Waals surface area (Å²) in [5, 5.41) is 14.8. The maximum atomic E-state index is 12.4. The van der Waals surface area contributed by atoms with Crippen LogP contribution >= 0.6 is 0 Å². The molecule has 0 spiro atoms. The van der Waals surface area contributed by atoms with Crippen molar-refractivity contribution in [2.24, 2.45) is 0 Å². The molecule has 2 saturated heterocycles. The van der Waals surface area contributed by atoms with Gasteiger partial charge in [-0.3, -0.25) is 14.6 Å². The number of anilines is 1. The van der Waals surface area contributed by atoms with E-state index in [1.807, 2.05) is 42.5 Å². The van der Waals surface area contributed by atoms with Crippen LogP contribution in [0.15, 0.2) is 78.9 Å². The molecular weight excluding hydrogens is 560 g/mol. The van der Waals surface area contributed by atoms with Gasteiger partial charge in [-0.05, 0) is 35.7 Å². The van der Waals surface area contributed by atoms with Gasteiger partial charge in [0.1, 0.15) is 6.54 Å². The third kappa shape index (κ3) is 9.10. The number of aliphatic hydroxyl groups is 1. The van der Waals surface area contributed by atoms with E-state index in [1.165, 1.54) is 5.56 Å². The third-order valence-corrected chi connectivity index (χ3v) is 7.91. The predicted octanol–water partition coefficient (Wildman–Crippen LogP) is 4.23. The monoisotopic (exact) mass is 602 g/mol. The molecule has 10 heteroatoms. The Morgan fingerprint density at radius 3 is 2.36 bits per heavy atom. The number of urea groups is 1. The SMILES string of the molecule is CCOC(=O)CNC(=O)Nc1cccc([C@@H]2O[C@H](CN3CCN(Cc4ccccc4)CC3)C[C@H](c3ccc(CO)cc3)O2)c1. The number of rotatable bonds is 11. The first-order valence-electron chi connectivity index (χ1n) is 15.3. The van der Waals surface area contributed by atoms with Gasteiger partial charge in [0, 0.05) is 56.9 Å². The fourth-order valence-electron chi connectivity index (χ4n) is 5.60. The molecule has 2 amide bonds. The quantitative estimate of drug-likeness (QED) is 0.280. The van der Waals surface area contributed by atoms with Crippen LogP contribution in [0, 0.1) is 0 Å². The van der Waals surface area contributed by atoms with Crippen molar-refractivity contribution in [1.82, 2.24) is 15.1 Å². The second kappa shape index (κ2) is 15.8. The largest absolute Gasteiger partial charge is 0.465 e. The van der Waals surface area contributed by atoms with Gasteiger partial charge in [-0.25, -0.2) is 4.79 Å². The second-order valence-corrected chi connectivity index (χ2v) is 11.2. The first kappa shape index (κ1) is 31.6. The minimum absolute atomic E-state index is 0.0103. The zero-order valence-corrected chi connectivity index (χ0v) is 25.2. The summed E-state index contributed by atoms with van der Waals surface area (Å²) in [7, 11) is 0. The number of hydrogen-bond donors (Lipinski definition) is 3. The van der Waals surface area contributed by atoms with Crippen LogP contribution in [0.2, 0.25) is 0 Å². The smallest absolute Gasteiger partial charge is 0.325 e. The molecule has 0 aliphatic carbocycles. The molecule has 0 aromatic heterocycles. The molecule has 3 atom stereocenters. The standard InChI is InChI=1S/C34H42N4O6/c1-2-42-32(40)21-35-34(41)36-29-10-6-9-28(19-29)33-43-30(20-31(44-33)27-13-11-26(24-39)12-14-27)23-38-17-15-37(16-18-38)22-25-7-4-3-5-8-25/h3-14,19,30-31,33,39H,2,15-18,20-24H2,1H3,(H2,35,36,41)/t30-,31+,33+/m0/s1. The maximum Gasteiger partial charge on any atom is 0.325 e. The molecule has 0 bridgehead atoms. The van der Waals surface area contributed by atoms with E-state index in [0.717, 1.165) is 56.0 Å². The Kier molecular flexibility index (Phi) is 11.3. The highest BCUT2D eigenvalue weighted by atomic mass is 16.7. The first-order chi connectivity index (χ1) is 21.5. The summed E-state index contributed by atoms with van der Waals surface area (Å²) in [5.74, 6) is -0.498. The number of nitrogens with one attached hydrogen (secondary N) is 2. The van der Waals surface area contributed by atoms with Gasteiger partial charge in [-0.1, -0.05) is 66.7 Å². The third-order valence-electron chi connectivity index (χ3n) is 7.91. The summed E-state index contributed by atoms with van der Waals surface area (Å²) >= 11 is 0. The van der Waals surface area contributed by atoms with Crippen molar-refractivity contribution in [2.45, 2.75) is 45.0 Å². The lowest BCUT2D eigenvalue weighted by Crippen LogP contribution is -2.49. The number of nitrogens with zero attached hydrogens (tertiary/aromatic N) is 2. The lowest BCUT2D eigenvalue weighted by molar-refractivity contribution is -0.253. The second-order valence-electron chi connectivity index (χ2n) is 11.2. The molecule has 3 aromatic rings. The normalized spacial score (nSPS) is 21.0. The van der Waals surface area contributed by atoms with Crippen molar-refractivity contribution in [3.8, 4) is 0 Å². The van der Waals surface area contributed by atoms with Gasteiger partial charge in [0.15, 0.2) is 6.29 Å². The van der Waals surface area contributed by atoms with Gasteiger partial charge in [0.05, 0.1) is 25.4 Å². The number of piperazine rings is 1. The Labute approximate surface area is 258 Å². The summed E-state index contributed by atoms with van der Waals surface area (Å²) in [6.45, 7) is 7.42. The predicted molar refractivity (Wildman–Crippen MR) is 167 cm³/mol. The van der Waals surface area contributed by atoms with E-state index in [9.17, 15) is 14.7 Å². The van der Waals surface area contributed by atoms with E-state index in [-0.39, 0.29) is 32.0 Å². The summed E-state index contributed by atoms with van der Waals surface area (Å²) < 4.78 is 17.9. The lowest BCUT2D eigenvalue weighted by Gasteiger charge is -2.41. The number of benzene rings is 3. The minimum Gasteiger partial charge on any atom is -0.465 e. The van der Waals surface area contributed by atoms with Crippen molar-refractivity contribution >= 4 is 17.7 Å². The van der Waals surface area contributed by atoms with Gasteiger partial charge in [0.25, 0.3) is 0 Å². The summed E-state index contributed by atoms with van der Waals surface area (Å²) in [6.07, 6.45) is -0.204. The Balaban J connectivity index is 1.24. The fraction of sp³-hybridized carbons (Fsp3) is 0.412. The van der Waals surface area contributed by atoms with Crippen molar-refractivity contribution in [1.29, 1.82) is 0 Å². The van der Waals surface area contributed by atoms with E-state index in [2.05, 4.69) is 50.8 Å². The highest BCUT2D eigenvalue weighted by Crippen LogP contribution is 2.38. The number of aliphatic hydroxyl groups excluding tert-OH is 1. The Morgan fingerprint density at radius 1 is 0.886 bits per heavy atom. The zero-order chi connectivity index (χ0) is 30.7. The summed E-state index contributed by atoms with van der Waals surface area (Å²) in [6, 6.07) is 25.3. The van der Waals surface area contributed by atoms with Crippen LogP contribution in [-0.4, -0.2) is 78.9 Å². The Morgan fingerprint density at radius 2 is 1.64 bits per heavy atom. The molecule has 2 fully saturated rings. The van der Waals surface area contributed by atoms with Gasteiger partial charge < -0.3 is 30.0 Å². The number of ether oxygens (including phenoxy) is 3. The van der Waals surface area contributed by atoms with Crippen molar-refractivity contribution < 1.29 is 28.9 Å². The molecule has 0 saturated carbocycles. The van der Waals surface area contributed by atoms with E-state index >= 15 is 0 Å². The Hall–Kier alpha value is -3.80. The van der Waals surface area contributed by atoms with E-state index in [1.54, 1.807) is 13.0 Å². The minimum atomic E-state index is -0.639. The highest BCUT2D eigenvalue weighted by Gasteiger charge is 2.34. The lowest BCUT2D eigenvalue weighted by atomic mass is 9.99. The van der Waals surface area contributed by atoms with Crippen LogP contribution in [0.1, 0.15) is 48.0 Å². The molecule has 5 rings (SSSR count). The molecule has 2 aliphatic rings. The molecule has 44 heavy (non-hydrogen) atoms. The van der Waals surface area contributed by atoms with Gasteiger partial charge >= 0.3 is 12.0 Å². The zero-order valence-electron chi connectivity index (χ0n) is 25.2. The molecular formula is C34H42N4O6. The van der Waals surface area contributed by atoms with Crippen LogP contribution in [-0.2, 0) is 32.2 Å². The summed E-state index contributed by atoms with van der Waals surface area (Å²) in [4.78, 5) is 28.9. The maximum absolute atomic E-state index is 12.4. The topological polar surface area (TPSA) is 113 Å². The highest BCUT2D eigenvalue weighted by molar-refractivity contribution is 5.91. The van der Waals surface area contributed by atoms with Crippen LogP contribution in [0.3, 0.4) is 0 Å². The number of esters is 1. The van der Waals surface area contributed by atoms with Crippen molar-refractivity contribution in [2.75, 3.05) is 51.2 Å². The molecule has 2 heterocycles. The fourth-order valence-corrected chi connectivity index (χ4v) is 5.60.